The van der Waals surface area contributed by atoms with Gasteiger partial charge >= 0.3 is 0 Å². The van der Waals surface area contributed by atoms with E-state index in [0.29, 0.717) is 4.47 Å². The molecule has 1 atom stereocenters. The molecule has 1 aromatic rings. The van der Waals surface area contributed by atoms with Crippen molar-refractivity contribution < 1.29 is 4.39 Å². The Hall–Kier alpha value is -0.410. The van der Waals surface area contributed by atoms with Gasteiger partial charge in [0, 0.05) is 6.04 Å². The summed E-state index contributed by atoms with van der Waals surface area (Å²) in [6.07, 6.45) is 3.09. The Morgan fingerprint density at radius 1 is 1.46 bits per heavy atom. The van der Waals surface area contributed by atoms with Crippen LogP contribution in [0.3, 0.4) is 0 Å². The number of aryl methyl sites for hydroxylation is 1. The quantitative estimate of drug-likeness (QED) is 0.746. The van der Waals surface area contributed by atoms with Crippen molar-refractivity contribution in [3.63, 3.8) is 0 Å². The minimum absolute atomic E-state index is 0.0198. The molecule has 70 valence electrons. The second-order valence-electron chi connectivity index (χ2n) is 3.46. The van der Waals surface area contributed by atoms with Gasteiger partial charge in [0.05, 0.1) is 4.47 Å². The van der Waals surface area contributed by atoms with Gasteiger partial charge in [-0.15, -0.1) is 0 Å². The van der Waals surface area contributed by atoms with Crippen molar-refractivity contribution in [3.8, 4) is 0 Å². The van der Waals surface area contributed by atoms with Crippen molar-refractivity contribution in [3.05, 3.63) is 33.5 Å². The summed E-state index contributed by atoms with van der Waals surface area (Å²) in [6.45, 7) is 0. The van der Waals surface area contributed by atoms with Crippen molar-refractivity contribution in [2.24, 2.45) is 5.73 Å². The molecular weight excluding hydrogens is 233 g/mol. The Kier molecular flexibility index (Phi) is 2.39. The summed E-state index contributed by atoms with van der Waals surface area (Å²) in [7, 11) is 0. The maximum atomic E-state index is 13.2. The number of rotatable bonds is 0. The highest BCUT2D eigenvalue weighted by atomic mass is 79.9. The number of hydrogen-bond acceptors (Lipinski definition) is 1. The Labute approximate surface area is 85.3 Å². The van der Waals surface area contributed by atoms with Crippen LogP contribution in [0, 0.1) is 5.82 Å². The molecule has 1 nitrogen and oxygen atoms in total. The third-order valence-corrected chi connectivity index (χ3v) is 3.15. The van der Waals surface area contributed by atoms with E-state index in [2.05, 4.69) is 15.9 Å². The first-order chi connectivity index (χ1) is 6.18. The van der Waals surface area contributed by atoms with Crippen LogP contribution in [0.25, 0.3) is 0 Å². The number of halogens is 2. The molecule has 0 unspecified atom stereocenters. The topological polar surface area (TPSA) is 26.0 Å². The zero-order valence-corrected chi connectivity index (χ0v) is 8.77. The Morgan fingerprint density at radius 2 is 2.23 bits per heavy atom. The van der Waals surface area contributed by atoms with Gasteiger partial charge in [-0.25, -0.2) is 4.39 Å². The van der Waals surface area contributed by atoms with Crippen LogP contribution in [-0.4, -0.2) is 0 Å². The van der Waals surface area contributed by atoms with E-state index in [9.17, 15) is 4.39 Å². The van der Waals surface area contributed by atoms with E-state index in [1.807, 2.05) is 6.07 Å². The van der Waals surface area contributed by atoms with Gasteiger partial charge in [0.25, 0.3) is 0 Å². The zero-order valence-electron chi connectivity index (χ0n) is 7.19. The van der Waals surface area contributed by atoms with E-state index in [0.717, 1.165) is 24.8 Å². The Balaban J connectivity index is 2.52. The van der Waals surface area contributed by atoms with Gasteiger partial charge in [-0.1, -0.05) is 0 Å². The number of benzene rings is 1. The molecule has 1 aliphatic carbocycles. The molecule has 0 saturated heterocycles. The summed E-state index contributed by atoms with van der Waals surface area (Å²) in [5, 5.41) is 0. The van der Waals surface area contributed by atoms with Crippen molar-refractivity contribution >= 4 is 15.9 Å². The minimum atomic E-state index is -0.212. The fourth-order valence-corrected chi connectivity index (χ4v) is 2.22. The number of hydrogen-bond donors (Lipinski definition) is 1. The van der Waals surface area contributed by atoms with Gasteiger partial charge in [-0.05, 0) is 58.5 Å². The maximum absolute atomic E-state index is 13.2. The van der Waals surface area contributed by atoms with E-state index in [1.165, 1.54) is 5.56 Å². The van der Waals surface area contributed by atoms with Crippen LogP contribution in [0.15, 0.2) is 16.6 Å². The fraction of sp³-hybridized carbons (Fsp3) is 0.400. The second-order valence-corrected chi connectivity index (χ2v) is 4.32. The molecule has 0 aliphatic heterocycles. The summed E-state index contributed by atoms with van der Waals surface area (Å²) in [5.41, 5.74) is 8.05. The zero-order chi connectivity index (χ0) is 9.42. The maximum Gasteiger partial charge on any atom is 0.137 e. The lowest BCUT2D eigenvalue weighted by molar-refractivity contribution is 0.555. The minimum Gasteiger partial charge on any atom is -0.324 e. The monoisotopic (exact) mass is 243 g/mol. The normalized spacial score (nSPS) is 21.3. The predicted octanol–water partition coefficient (Wildman–Crippen LogP) is 2.92. The van der Waals surface area contributed by atoms with E-state index in [-0.39, 0.29) is 11.9 Å². The third-order valence-electron chi connectivity index (χ3n) is 2.54. The highest BCUT2D eigenvalue weighted by molar-refractivity contribution is 9.10. The molecule has 0 fully saturated rings. The molecule has 2 rings (SSSR count). The van der Waals surface area contributed by atoms with Gasteiger partial charge < -0.3 is 5.73 Å². The summed E-state index contributed by atoms with van der Waals surface area (Å²) in [4.78, 5) is 0. The Morgan fingerprint density at radius 3 is 3.00 bits per heavy atom. The van der Waals surface area contributed by atoms with Gasteiger partial charge in [0.2, 0.25) is 0 Å². The van der Waals surface area contributed by atoms with E-state index in [1.54, 1.807) is 6.07 Å². The van der Waals surface area contributed by atoms with Crippen LogP contribution < -0.4 is 5.73 Å². The fourth-order valence-electron chi connectivity index (χ4n) is 1.83. The van der Waals surface area contributed by atoms with Gasteiger partial charge in [-0.2, -0.15) is 0 Å². The summed E-state index contributed by atoms with van der Waals surface area (Å²) in [5.74, 6) is -0.212. The van der Waals surface area contributed by atoms with Gasteiger partial charge in [0.15, 0.2) is 0 Å². The number of fused-ring (bicyclic) bond motifs is 1. The standard InChI is InChI=1S/C10H11BrFN/c11-8-4-6-2-1-3-10(13)7(6)5-9(8)12/h4-5,10H,1-3,13H2/t10-/m0/s1. The SMILES string of the molecule is N[C@H]1CCCc2cc(Br)c(F)cc21. The molecule has 0 bridgehead atoms. The van der Waals surface area contributed by atoms with Crippen molar-refractivity contribution in [1.82, 2.24) is 0 Å². The lowest BCUT2D eigenvalue weighted by atomic mass is 9.88. The molecule has 1 aliphatic rings. The molecule has 0 radical (unpaired) electrons. The Bertz CT molecular complexity index is 338. The van der Waals surface area contributed by atoms with Crippen LogP contribution in [-0.2, 0) is 6.42 Å². The lowest BCUT2D eigenvalue weighted by Gasteiger charge is -2.22. The van der Waals surface area contributed by atoms with Crippen LogP contribution in [0.4, 0.5) is 4.39 Å². The highest BCUT2D eigenvalue weighted by Crippen LogP contribution is 2.31. The van der Waals surface area contributed by atoms with Crippen molar-refractivity contribution in [1.29, 1.82) is 0 Å². The average molecular weight is 244 g/mol. The molecule has 0 aromatic heterocycles. The van der Waals surface area contributed by atoms with E-state index < -0.39 is 0 Å². The smallest absolute Gasteiger partial charge is 0.137 e. The summed E-state index contributed by atoms with van der Waals surface area (Å²) >= 11 is 3.18. The largest absolute Gasteiger partial charge is 0.324 e. The predicted molar refractivity (Wildman–Crippen MR) is 54.0 cm³/mol. The molecule has 3 heteroatoms. The second kappa shape index (κ2) is 3.39. The molecule has 1 aromatic carbocycles. The van der Waals surface area contributed by atoms with Crippen molar-refractivity contribution in [2.45, 2.75) is 25.3 Å². The first kappa shape index (κ1) is 9.16. The third kappa shape index (κ3) is 1.63. The molecule has 13 heavy (non-hydrogen) atoms. The lowest BCUT2D eigenvalue weighted by Crippen LogP contribution is -2.17. The van der Waals surface area contributed by atoms with Gasteiger partial charge in [-0.3, -0.25) is 0 Å². The molecule has 0 amide bonds. The van der Waals surface area contributed by atoms with Crippen LogP contribution >= 0.6 is 15.9 Å². The molecule has 0 heterocycles. The number of nitrogens with two attached hydrogens (primary N) is 1. The molecule has 0 spiro atoms. The first-order valence-corrected chi connectivity index (χ1v) is 5.21. The average Bonchev–Trinajstić information content (AvgIpc) is 2.09. The van der Waals surface area contributed by atoms with Crippen LogP contribution in [0.1, 0.15) is 30.0 Å². The van der Waals surface area contributed by atoms with Gasteiger partial charge in [0.1, 0.15) is 5.82 Å². The molecule has 2 N–H and O–H groups in total. The molecular formula is C10H11BrFN. The van der Waals surface area contributed by atoms with E-state index in [4.69, 9.17) is 5.73 Å². The summed E-state index contributed by atoms with van der Waals surface area (Å²) in [6, 6.07) is 3.43. The molecule has 0 saturated carbocycles. The van der Waals surface area contributed by atoms with Crippen LogP contribution in [0.5, 0.6) is 0 Å². The first-order valence-electron chi connectivity index (χ1n) is 4.42. The highest BCUT2D eigenvalue weighted by Gasteiger charge is 2.18. The summed E-state index contributed by atoms with van der Waals surface area (Å²) < 4.78 is 13.7. The van der Waals surface area contributed by atoms with E-state index >= 15 is 0 Å². The van der Waals surface area contributed by atoms with Crippen molar-refractivity contribution in [2.75, 3.05) is 0 Å². The van der Waals surface area contributed by atoms with Crippen LogP contribution in [0.2, 0.25) is 0 Å².